The maximum absolute atomic E-state index is 13.1. The zero-order valence-electron chi connectivity index (χ0n) is 27.2. The van der Waals surface area contributed by atoms with Crippen LogP contribution in [0.1, 0.15) is 100 Å². The molecule has 0 bridgehead atoms. The van der Waals surface area contributed by atoms with Crippen molar-refractivity contribution in [1.82, 2.24) is 0 Å². The van der Waals surface area contributed by atoms with Crippen LogP contribution in [-0.4, -0.2) is 42.4 Å². The maximum Gasteiger partial charge on any atom is 0.308 e. The second kappa shape index (κ2) is 12.2. The van der Waals surface area contributed by atoms with Crippen molar-refractivity contribution >= 4 is 22.6 Å². The fourth-order valence-electron chi connectivity index (χ4n) is 6.21. The summed E-state index contributed by atoms with van der Waals surface area (Å²) in [4.78, 5) is 13.1. The minimum Gasteiger partial charge on any atom is -0.465 e. The molecule has 1 aliphatic heterocycles. The number of hydrogen-bond acceptors (Lipinski definition) is 4. The van der Waals surface area contributed by atoms with Crippen LogP contribution in [0.2, 0.25) is 36.3 Å². The smallest absolute Gasteiger partial charge is 0.308 e. The molecule has 2 rings (SSSR count). The van der Waals surface area contributed by atoms with Crippen LogP contribution in [-0.2, 0) is 18.4 Å². The number of hydrogen-bond donors (Lipinski definition) is 0. The fraction of sp³-hybridized carbons (Fsp3) is 0.906. The van der Waals surface area contributed by atoms with Crippen LogP contribution in [0.3, 0.4) is 0 Å². The van der Waals surface area contributed by atoms with E-state index in [1.807, 2.05) is 6.08 Å². The Labute approximate surface area is 238 Å². The van der Waals surface area contributed by atoms with E-state index in [-0.39, 0.29) is 32.8 Å². The Morgan fingerprint density at radius 1 is 1.03 bits per heavy atom. The van der Waals surface area contributed by atoms with Gasteiger partial charge in [-0.3, -0.25) is 4.79 Å². The Kier molecular flexibility index (Phi) is 10.8. The van der Waals surface area contributed by atoms with Crippen LogP contribution < -0.4 is 0 Å². The molecule has 222 valence electrons. The van der Waals surface area contributed by atoms with Gasteiger partial charge >= 0.3 is 5.97 Å². The van der Waals surface area contributed by atoms with Gasteiger partial charge in [-0.1, -0.05) is 67.9 Å². The van der Waals surface area contributed by atoms with Gasteiger partial charge in [0.25, 0.3) is 0 Å². The summed E-state index contributed by atoms with van der Waals surface area (Å²) in [7, 11) is -3.66. The molecule has 6 heteroatoms. The highest BCUT2D eigenvalue weighted by atomic mass is 28.4. The molecule has 0 N–H and O–H groups in total. The van der Waals surface area contributed by atoms with E-state index < -0.39 is 16.6 Å². The Bertz CT molecular complexity index is 805. The first kappa shape index (κ1) is 33.8. The van der Waals surface area contributed by atoms with E-state index in [1.165, 1.54) is 12.8 Å². The summed E-state index contributed by atoms with van der Waals surface area (Å²) in [5, 5.41) is 0.390. The Morgan fingerprint density at radius 2 is 1.61 bits per heavy atom. The van der Waals surface area contributed by atoms with Gasteiger partial charge in [0.2, 0.25) is 0 Å². The first-order chi connectivity index (χ1) is 17.2. The van der Waals surface area contributed by atoms with Crippen molar-refractivity contribution in [3.63, 3.8) is 0 Å². The zero-order valence-corrected chi connectivity index (χ0v) is 29.2. The van der Waals surface area contributed by atoms with Gasteiger partial charge in [-0.25, -0.2) is 0 Å². The number of cyclic esters (lactones) is 1. The van der Waals surface area contributed by atoms with Gasteiger partial charge in [0.1, 0.15) is 0 Å². The molecule has 1 spiro atoms. The first-order valence-electron chi connectivity index (χ1n) is 15.2. The predicted octanol–water partition coefficient (Wildman–Crippen LogP) is 9.38. The SMILES string of the molecule is C=CC[C@H](CCO[Si](C)(C)C(C)(C)C)CC1CC2(CCCC(C)(C)C2CO[Si](C)(C)C(C)(C)C)COC1=O. The van der Waals surface area contributed by atoms with Crippen molar-refractivity contribution in [2.24, 2.45) is 28.6 Å². The van der Waals surface area contributed by atoms with Gasteiger partial charge in [0.15, 0.2) is 16.6 Å². The van der Waals surface area contributed by atoms with Gasteiger partial charge in [0, 0.05) is 18.6 Å². The maximum atomic E-state index is 13.1. The second-order valence-corrected chi connectivity index (χ2v) is 26.0. The van der Waals surface area contributed by atoms with Crippen LogP contribution in [0.25, 0.3) is 0 Å². The normalized spacial score (nSPS) is 27.7. The van der Waals surface area contributed by atoms with E-state index in [9.17, 15) is 4.79 Å². The van der Waals surface area contributed by atoms with E-state index in [2.05, 4.69) is 88.2 Å². The molecule has 3 unspecified atom stereocenters. The number of carbonyl (C=O) groups excluding carboxylic acids is 1. The molecule has 0 aromatic rings. The minimum atomic E-state index is -1.87. The average Bonchev–Trinajstić information content (AvgIpc) is 2.74. The van der Waals surface area contributed by atoms with Crippen LogP contribution >= 0.6 is 0 Å². The Hall–Kier alpha value is -0.436. The lowest BCUT2D eigenvalue weighted by Gasteiger charge is -2.55. The number of carbonyl (C=O) groups is 1. The first-order valence-corrected chi connectivity index (χ1v) is 21.0. The van der Waals surface area contributed by atoms with Gasteiger partial charge in [0.05, 0.1) is 12.5 Å². The van der Waals surface area contributed by atoms with Crippen LogP contribution in [0, 0.1) is 28.6 Å². The molecule has 0 aromatic carbocycles. The minimum absolute atomic E-state index is 0.00227. The van der Waals surface area contributed by atoms with Crippen LogP contribution in [0.15, 0.2) is 12.7 Å². The van der Waals surface area contributed by atoms with E-state index in [4.69, 9.17) is 13.6 Å². The van der Waals surface area contributed by atoms with E-state index in [1.54, 1.807) is 0 Å². The largest absolute Gasteiger partial charge is 0.465 e. The lowest BCUT2D eigenvalue weighted by molar-refractivity contribution is -0.178. The summed E-state index contributed by atoms with van der Waals surface area (Å²) >= 11 is 0. The lowest BCUT2D eigenvalue weighted by atomic mass is 9.53. The molecule has 1 saturated carbocycles. The van der Waals surface area contributed by atoms with Crippen LogP contribution in [0.4, 0.5) is 0 Å². The quantitative estimate of drug-likeness (QED) is 0.142. The molecule has 4 atom stereocenters. The van der Waals surface area contributed by atoms with Crippen molar-refractivity contribution in [2.45, 2.75) is 137 Å². The molecule has 0 amide bonds. The van der Waals surface area contributed by atoms with Gasteiger partial charge < -0.3 is 13.6 Å². The van der Waals surface area contributed by atoms with Crippen molar-refractivity contribution in [3.8, 4) is 0 Å². The molecule has 0 aromatic heterocycles. The molecular formula is C32H62O4Si2. The second-order valence-electron chi connectivity index (χ2n) is 16.4. The predicted molar refractivity (Wildman–Crippen MR) is 166 cm³/mol. The van der Waals surface area contributed by atoms with Gasteiger partial charge in [-0.05, 0) is 92.0 Å². The van der Waals surface area contributed by atoms with Gasteiger partial charge in [-0.15, -0.1) is 6.58 Å². The summed E-state index contributed by atoms with van der Waals surface area (Å²) in [5.74, 6) is 0.741. The van der Waals surface area contributed by atoms with E-state index in [0.717, 1.165) is 45.3 Å². The highest BCUT2D eigenvalue weighted by Crippen LogP contribution is 2.57. The summed E-state index contributed by atoms with van der Waals surface area (Å²) in [6.45, 7) is 34.1. The molecule has 38 heavy (non-hydrogen) atoms. The van der Waals surface area contributed by atoms with Gasteiger partial charge in [-0.2, -0.15) is 0 Å². The average molecular weight is 567 g/mol. The van der Waals surface area contributed by atoms with E-state index in [0.29, 0.717) is 18.4 Å². The molecule has 1 aliphatic carbocycles. The Morgan fingerprint density at radius 3 is 2.16 bits per heavy atom. The number of rotatable bonds is 11. The standard InChI is InChI=1S/C32H62O4Si2/c1-14-16-25(17-20-35-37(10,11)29(2,3)4)21-26-22-32(24-34-28(26)33)19-15-18-31(8,9)27(32)23-36-38(12,13)30(5,6)7/h14,25-27H,1,15-24H2,2-13H3/t25-,26?,27?,32?/m1/s1. The molecule has 1 heterocycles. The van der Waals surface area contributed by atoms with E-state index >= 15 is 0 Å². The molecule has 2 fully saturated rings. The molecule has 0 radical (unpaired) electrons. The van der Waals surface area contributed by atoms with Crippen molar-refractivity contribution < 1.29 is 18.4 Å². The third-order valence-electron chi connectivity index (χ3n) is 11.0. The number of esters is 1. The summed E-state index contributed by atoms with van der Waals surface area (Å²) < 4.78 is 19.4. The van der Waals surface area contributed by atoms with Crippen molar-refractivity contribution in [1.29, 1.82) is 0 Å². The third kappa shape index (κ3) is 8.07. The zero-order chi connectivity index (χ0) is 29.2. The van der Waals surface area contributed by atoms with Crippen LogP contribution in [0.5, 0.6) is 0 Å². The summed E-state index contributed by atoms with van der Waals surface area (Å²) in [5.41, 5.74) is 0.186. The molecule has 4 nitrogen and oxygen atoms in total. The Balaban J connectivity index is 2.19. The molecule has 1 saturated heterocycles. The summed E-state index contributed by atoms with van der Waals surface area (Å²) in [6, 6.07) is 0. The van der Waals surface area contributed by atoms with Crippen molar-refractivity contribution in [3.05, 3.63) is 12.7 Å². The monoisotopic (exact) mass is 566 g/mol. The number of allylic oxidation sites excluding steroid dienone is 1. The molecule has 2 aliphatic rings. The molecular weight excluding hydrogens is 505 g/mol. The topological polar surface area (TPSA) is 44.8 Å². The highest BCUT2D eigenvalue weighted by Gasteiger charge is 2.54. The summed E-state index contributed by atoms with van der Waals surface area (Å²) in [6.07, 6.45) is 9.24. The third-order valence-corrected chi connectivity index (χ3v) is 20.0. The lowest BCUT2D eigenvalue weighted by Crippen LogP contribution is -2.54. The number of ether oxygens (including phenoxy) is 1. The fourth-order valence-corrected chi connectivity index (χ4v) is 8.29. The van der Waals surface area contributed by atoms with Crippen molar-refractivity contribution in [2.75, 3.05) is 19.8 Å². The highest BCUT2D eigenvalue weighted by molar-refractivity contribution is 6.74.